The maximum absolute atomic E-state index is 12.4. The standard InChI is InChI=1S/C22H21N5O5S/c1-13-7-14(2)25-22(24-13)33-20-6-5-15(8-19(20)27(29)30)12-23-26-21(28)16-9-17(31-3)11-18(10-16)32-4/h5-12H,1-4H3,(H,26,28)/b23-12+. The van der Waals surface area contributed by atoms with Gasteiger partial charge in [0, 0.05) is 34.6 Å². The zero-order valence-corrected chi connectivity index (χ0v) is 19.2. The van der Waals surface area contributed by atoms with Gasteiger partial charge in [0.05, 0.1) is 30.3 Å². The Hall–Kier alpha value is -3.99. The molecule has 0 fully saturated rings. The number of nitrogens with one attached hydrogen (secondary N) is 1. The van der Waals surface area contributed by atoms with E-state index in [0.717, 1.165) is 23.1 Å². The van der Waals surface area contributed by atoms with Gasteiger partial charge in [-0.15, -0.1) is 0 Å². The Labute approximate surface area is 194 Å². The van der Waals surface area contributed by atoms with Crippen LogP contribution in [0.2, 0.25) is 0 Å². The highest BCUT2D eigenvalue weighted by Crippen LogP contribution is 2.33. The molecule has 1 aromatic heterocycles. The number of aryl methyl sites for hydroxylation is 2. The largest absolute Gasteiger partial charge is 0.497 e. The molecule has 1 N–H and O–H groups in total. The number of aromatic nitrogens is 2. The number of hydrazone groups is 1. The smallest absolute Gasteiger partial charge is 0.283 e. The van der Waals surface area contributed by atoms with Crippen LogP contribution in [0.1, 0.15) is 27.3 Å². The van der Waals surface area contributed by atoms with Crippen molar-refractivity contribution in [3.8, 4) is 11.5 Å². The second-order valence-corrected chi connectivity index (χ2v) is 7.83. The highest BCUT2D eigenvalue weighted by molar-refractivity contribution is 7.99. The summed E-state index contributed by atoms with van der Waals surface area (Å²) in [6, 6.07) is 11.2. The molecule has 0 aliphatic heterocycles. The van der Waals surface area contributed by atoms with Crippen molar-refractivity contribution in [2.75, 3.05) is 14.2 Å². The number of methoxy groups -OCH3 is 2. The lowest BCUT2D eigenvalue weighted by atomic mass is 10.2. The average Bonchev–Trinajstić information content (AvgIpc) is 2.78. The van der Waals surface area contributed by atoms with Crippen molar-refractivity contribution in [3.63, 3.8) is 0 Å². The van der Waals surface area contributed by atoms with Gasteiger partial charge in [-0.2, -0.15) is 5.10 Å². The van der Waals surface area contributed by atoms with Crippen LogP contribution in [-0.4, -0.2) is 41.2 Å². The summed E-state index contributed by atoms with van der Waals surface area (Å²) in [4.78, 5) is 32.5. The molecule has 0 saturated heterocycles. The minimum Gasteiger partial charge on any atom is -0.497 e. The van der Waals surface area contributed by atoms with E-state index < -0.39 is 10.8 Å². The van der Waals surface area contributed by atoms with Crippen molar-refractivity contribution in [2.45, 2.75) is 23.9 Å². The maximum Gasteiger partial charge on any atom is 0.283 e. The fourth-order valence-corrected chi connectivity index (χ4v) is 3.80. The van der Waals surface area contributed by atoms with Gasteiger partial charge < -0.3 is 9.47 Å². The summed E-state index contributed by atoms with van der Waals surface area (Å²) in [5.74, 6) is 0.428. The summed E-state index contributed by atoms with van der Waals surface area (Å²) in [5, 5.41) is 15.9. The number of benzene rings is 2. The van der Waals surface area contributed by atoms with Crippen LogP contribution in [0.4, 0.5) is 5.69 Å². The molecule has 33 heavy (non-hydrogen) atoms. The van der Waals surface area contributed by atoms with E-state index in [9.17, 15) is 14.9 Å². The predicted octanol–water partition coefficient (Wildman–Crippen LogP) is 3.93. The van der Waals surface area contributed by atoms with E-state index in [-0.39, 0.29) is 11.3 Å². The molecule has 170 valence electrons. The first-order chi connectivity index (χ1) is 15.8. The molecule has 0 unspecified atom stereocenters. The fourth-order valence-electron chi connectivity index (χ4n) is 2.85. The zero-order valence-electron chi connectivity index (χ0n) is 18.4. The van der Waals surface area contributed by atoms with E-state index in [1.807, 2.05) is 19.9 Å². The number of rotatable bonds is 8. The van der Waals surface area contributed by atoms with Gasteiger partial charge in [-0.1, -0.05) is 6.07 Å². The first kappa shape index (κ1) is 23.7. The normalized spacial score (nSPS) is 10.8. The Kier molecular flexibility index (Phi) is 7.57. The van der Waals surface area contributed by atoms with E-state index in [4.69, 9.17) is 9.47 Å². The lowest BCUT2D eigenvalue weighted by Crippen LogP contribution is -2.17. The lowest BCUT2D eigenvalue weighted by molar-refractivity contribution is -0.387. The Bertz CT molecular complexity index is 1190. The monoisotopic (exact) mass is 467 g/mol. The number of nitro benzene ring substituents is 1. The Morgan fingerprint density at radius 3 is 2.27 bits per heavy atom. The van der Waals surface area contributed by atoms with Crippen LogP contribution in [0.15, 0.2) is 57.6 Å². The maximum atomic E-state index is 12.4. The lowest BCUT2D eigenvalue weighted by Gasteiger charge is -2.07. The van der Waals surface area contributed by atoms with Crippen LogP contribution in [-0.2, 0) is 0 Å². The highest BCUT2D eigenvalue weighted by Gasteiger charge is 2.17. The molecule has 0 aliphatic carbocycles. The zero-order chi connectivity index (χ0) is 24.0. The summed E-state index contributed by atoms with van der Waals surface area (Å²) in [5.41, 5.74) is 4.56. The Balaban J connectivity index is 1.76. The molecule has 0 atom stereocenters. The third kappa shape index (κ3) is 6.26. The predicted molar refractivity (Wildman–Crippen MR) is 123 cm³/mol. The van der Waals surface area contributed by atoms with Gasteiger partial charge in [-0.25, -0.2) is 15.4 Å². The molecular formula is C22H21N5O5S. The molecule has 0 bridgehead atoms. The van der Waals surface area contributed by atoms with Gasteiger partial charge in [0.25, 0.3) is 11.6 Å². The van der Waals surface area contributed by atoms with E-state index in [2.05, 4.69) is 20.5 Å². The second kappa shape index (κ2) is 10.6. The van der Waals surface area contributed by atoms with Crippen molar-refractivity contribution in [1.82, 2.24) is 15.4 Å². The van der Waals surface area contributed by atoms with E-state index in [1.54, 1.807) is 30.3 Å². The van der Waals surface area contributed by atoms with Crippen molar-refractivity contribution in [2.24, 2.45) is 5.10 Å². The Morgan fingerprint density at radius 1 is 1.06 bits per heavy atom. The van der Waals surface area contributed by atoms with Gasteiger partial charge in [0.1, 0.15) is 11.5 Å². The van der Waals surface area contributed by atoms with Gasteiger partial charge in [0.15, 0.2) is 5.16 Å². The van der Waals surface area contributed by atoms with E-state index >= 15 is 0 Å². The third-order valence-electron chi connectivity index (χ3n) is 4.34. The summed E-state index contributed by atoms with van der Waals surface area (Å²) < 4.78 is 10.3. The first-order valence-electron chi connectivity index (χ1n) is 9.64. The number of nitrogens with zero attached hydrogens (tertiary/aromatic N) is 4. The molecule has 1 heterocycles. The molecule has 11 heteroatoms. The molecule has 1 amide bonds. The van der Waals surface area contributed by atoms with Crippen molar-refractivity contribution >= 4 is 29.6 Å². The number of hydrogen-bond donors (Lipinski definition) is 1. The quantitative estimate of drug-likeness (QED) is 0.228. The highest BCUT2D eigenvalue weighted by atomic mass is 32.2. The summed E-state index contributed by atoms with van der Waals surface area (Å²) in [7, 11) is 2.96. The van der Waals surface area contributed by atoms with Gasteiger partial charge >= 0.3 is 0 Å². The molecule has 3 rings (SSSR count). The molecular weight excluding hydrogens is 446 g/mol. The number of amides is 1. The summed E-state index contributed by atoms with van der Waals surface area (Å²) in [6.07, 6.45) is 1.32. The van der Waals surface area contributed by atoms with E-state index in [0.29, 0.717) is 27.1 Å². The number of ether oxygens (including phenoxy) is 2. The minimum atomic E-state index is -0.489. The molecule has 0 aliphatic rings. The average molecular weight is 468 g/mol. The molecule has 3 aromatic rings. The van der Waals surface area contributed by atoms with Crippen molar-refractivity contribution in [3.05, 3.63) is 75.1 Å². The minimum absolute atomic E-state index is 0.115. The first-order valence-corrected chi connectivity index (χ1v) is 10.5. The SMILES string of the molecule is COc1cc(OC)cc(C(=O)N/N=C/c2ccc(Sc3nc(C)cc(C)n3)c([N+](=O)[O-])c2)c1. The van der Waals surface area contributed by atoms with Crippen molar-refractivity contribution < 1.29 is 19.2 Å². The van der Waals surface area contributed by atoms with Crippen LogP contribution >= 0.6 is 11.8 Å². The molecule has 0 spiro atoms. The van der Waals surface area contributed by atoms with Crippen LogP contribution in [0.3, 0.4) is 0 Å². The topological polar surface area (TPSA) is 129 Å². The van der Waals surface area contributed by atoms with Gasteiger partial charge in [0.2, 0.25) is 0 Å². The van der Waals surface area contributed by atoms with Crippen LogP contribution in [0.5, 0.6) is 11.5 Å². The molecule has 10 nitrogen and oxygen atoms in total. The molecule has 2 aromatic carbocycles. The number of nitro groups is 1. The van der Waals surface area contributed by atoms with Crippen LogP contribution in [0.25, 0.3) is 0 Å². The number of carbonyl (C=O) groups is 1. The number of hydrogen-bond acceptors (Lipinski definition) is 9. The van der Waals surface area contributed by atoms with Crippen LogP contribution in [0, 0.1) is 24.0 Å². The van der Waals surface area contributed by atoms with Crippen LogP contribution < -0.4 is 14.9 Å². The molecule has 0 radical (unpaired) electrons. The third-order valence-corrected chi connectivity index (χ3v) is 5.27. The summed E-state index contributed by atoms with van der Waals surface area (Å²) in [6.45, 7) is 3.67. The van der Waals surface area contributed by atoms with Gasteiger partial charge in [-0.3, -0.25) is 14.9 Å². The Morgan fingerprint density at radius 2 is 1.70 bits per heavy atom. The van der Waals surface area contributed by atoms with Gasteiger partial charge in [-0.05, 0) is 49.9 Å². The fraction of sp³-hybridized carbons (Fsp3) is 0.182. The molecule has 0 saturated carbocycles. The number of carbonyl (C=O) groups excluding carboxylic acids is 1. The second-order valence-electron chi connectivity index (χ2n) is 6.82. The van der Waals surface area contributed by atoms with Crippen molar-refractivity contribution in [1.29, 1.82) is 0 Å². The van der Waals surface area contributed by atoms with E-state index in [1.165, 1.54) is 26.5 Å². The summed E-state index contributed by atoms with van der Waals surface area (Å²) >= 11 is 1.11.